The van der Waals surface area contributed by atoms with Crippen molar-refractivity contribution in [3.05, 3.63) is 58.4 Å². The maximum Gasteiger partial charge on any atom is 0.179 e. The molecule has 0 saturated carbocycles. The minimum absolute atomic E-state index is 0.0380. The minimum Gasteiger partial charge on any atom is -0.483 e. The lowest BCUT2D eigenvalue weighted by Crippen LogP contribution is -2.23. The Morgan fingerprint density at radius 3 is 2.70 bits per heavy atom. The second-order valence-corrected chi connectivity index (χ2v) is 5.62. The number of hydrogen-bond donors (Lipinski definition) is 2. The third-order valence-electron chi connectivity index (χ3n) is 2.99. The lowest BCUT2D eigenvalue weighted by molar-refractivity contribution is 0.250. The van der Waals surface area contributed by atoms with Gasteiger partial charge in [-0.3, -0.25) is 0 Å². The number of rotatable bonds is 6. The number of aromatic nitrogens is 1. The lowest BCUT2D eigenvalue weighted by Gasteiger charge is -2.19. The van der Waals surface area contributed by atoms with Gasteiger partial charge in [0.2, 0.25) is 0 Å². The summed E-state index contributed by atoms with van der Waals surface area (Å²) in [6, 6.07) is 7.90. The molecule has 0 radical (unpaired) electrons. The Kier molecular flexibility index (Phi) is 4.63. The van der Waals surface area contributed by atoms with Crippen molar-refractivity contribution in [3.8, 4) is 0 Å². The molecular weight excluding hydrogens is 270 g/mol. The van der Waals surface area contributed by atoms with Crippen LogP contribution < -0.4 is 11.1 Å². The van der Waals surface area contributed by atoms with E-state index >= 15 is 0 Å². The van der Waals surface area contributed by atoms with E-state index in [1.165, 1.54) is 5.56 Å². The number of hydrogen-bond acceptors (Lipinski definition) is 5. The molecule has 1 aromatic carbocycles. The molecule has 106 valence electrons. The number of thiazole rings is 1. The number of nitrogens with one attached hydrogen (secondary N) is 1. The van der Waals surface area contributed by atoms with Gasteiger partial charge in [-0.25, -0.2) is 4.98 Å². The first-order chi connectivity index (χ1) is 9.58. The molecule has 2 aromatic rings. The van der Waals surface area contributed by atoms with Crippen LogP contribution in [0.15, 0.2) is 42.1 Å². The zero-order valence-corrected chi connectivity index (χ0v) is 12.5. The van der Waals surface area contributed by atoms with Gasteiger partial charge in [-0.1, -0.05) is 12.1 Å². The third-order valence-corrected chi connectivity index (χ3v) is 3.79. The Balaban J connectivity index is 2.17. The van der Waals surface area contributed by atoms with Gasteiger partial charge in [0.25, 0.3) is 0 Å². The van der Waals surface area contributed by atoms with Crippen molar-refractivity contribution in [3.63, 3.8) is 0 Å². The van der Waals surface area contributed by atoms with Crippen molar-refractivity contribution >= 4 is 17.0 Å². The molecule has 1 atom stereocenters. The van der Waals surface area contributed by atoms with E-state index in [-0.39, 0.29) is 6.04 Å². The molecule has 1 unspecified atom stereocenters. The summed E-state index contributed by atoms with van der Waals surface area (Å²) in [5.41, 5.74) is 8.67. The minimum atomic E-state index is 0.0380. The van der Waals surface area contributed by atoms with E-state index in [1.54, 1.807) is 18.4 Å². The molecule has 0 fully saturated rings. The number of aryl methyl sites for hydroxylation is 1. The maximum absolute atomic E-state index is 5.71. The summed E-state index contributed by atoms with van der Waals surface area (Å²) in [5.74, 6) is 0.538. The fourth-order valence-electron chi connectivity index (χ4n) is 1.91. The van der Waals surface area contributed by atoms with Gasteiger partial charge in [-0.2, -0.15) is 0 Å². The van der Waals surface area contributed by atoms with Crippen LogP contribution in [0.25, 0.3) is 0 Å². The number of nitrogens with two attached hydrogens (primary N) is 1. The number of nitrogens with zero attached hydrogens (tertiary/aromatic N) is 1. The quantitative estimate of drug-likeness (QED) is 0.634. The van der Waals surface area contributed by atoms with Crippen molar-refractivity contribution in [2.24, 2.45) is 0 Å². The second-order valence-electron chi connectivity index (χ2n) is 4.56. The highest BCUT2D eigenvalue weighted by Gasteiger charge is 2.16. The molecule has 20 heavy (non-hydrogen) atoms. The van der Waals surface area contributed by atoms with E-state index in [4.69, 9.17) is 10.5 Å². The average Bonchev–Trinajstić information content (AvgIpc) is 2.87. The Hall–Kier alpha value is -2.01. The van der Waals surface area contributed by atoms with Crippen molar-refractivity contribution in [2.75, 3.05) is 12.8 Å². The molecule has 0 aliphatic heterocycles. The second kappa shape index (κ2) is 6.43. The van der Waals surface area contributed by atoms with Gasteiger partial charge >= 0.3 is 0 Å². The molecule has 5 heteroatoms. The molecule has 0 saturated heterocycles. The van der Waals surface area contributed by atoms with E-state index < -0.39 is 0 Å². The first kappa shape index (κ1) is 14.4. The van der Waals surface area contributed by atoms with E-state index in [1.807, 2.05) is 31.2 Å². The summed E-state index contributed by atoms with van der Waals surface area (Å²) in [6.07, 6.45) is 0.797. The maximum atomic E-state index is 5.71. The van der Waals surface area contributed by atoms with Gasteiger partial charge < -0.3 is 15.8 Å². The number of benzene rings is 1. The summed E-state index contributed by atoms with van der Waals surface area (Å²) in [5, 5.41) is 6.37. The van der Waals surface area contributed by atoms with Gasteiger partial charge in [0, 0.05) is 11.1 Å². The van der Waals surface area contributed by atoms with Gasteiger partial charge in [0.05, 0.1) is 23.9 Å². The Morgan fingerprint density at radius 2 is 2.15 bits per heavy atom. The topological polar surface area (TPSA) is 60.2 Å². The molecule has 1 heterocycles. The Bertz CT molecular complexity index is 577. The highest BCUT2D eigenvalue weighted by molar-refractivity contribution is 7.09. The fourth-order valence-corrected chi connectivity index (χ4v) is 2.58. The molecule has 0 amide bonds. The summed E-state index contributed by atoms with van der Waals surface area (Å²) in [7, 11) is 1.60. The van der Waals surface area contributed by atoms with E-state index in [0.29, 0.717) is 5.88 Å². The molecule has 4 nitrogen and oxygen atoms in total. The zero-order valence-electron chi connectivity index (χ0n) is 11.7. The molecule has 0 aliphatic carbocycles. The third kappa shape index (κ3) is 3.74. The zero-order chi connectivity index (χ0) is 14.5. The predicted octanol–water partition coefficient (Wildman–Crippen LogP) is 3.02. The van der Waals surface area contributed by atoms with Crippen LogP contribution in [0.1, 0.15) is 22.3 Å². The van der Waals surface area contributed by atoms with Gasteiger partial charge in [0.1, 0.15) is 0 Å². The molecule has 3 N–H and O–H groups in total. The van der Waals surface area contributed by atoms with Gasteiger partial charge in [-0.05, 0) is 37.6 Å². The molecule has 0 spiro atoms. The fraction of sp³-hybridized carbons (Fsp3) is 0.267. The molecule has 1 aromatic heterocycles. The van der Waals surface area contributed by atoms with Crippen LogP contribution in [0.4, 0.5) is 5.69 Å². The van der Waals surface area contributed by atoms with Crippen molar-refractivity contribution in [1.29, 1.82) is 0 Å². The summed E-state index contributed by atoms with van der Waals surface area (Å²) >= 11 is 1.64. The molecule has 2 rings (SSSR count). The van der Waals surface area contributed by atoms with E-state index in [9.17, 15) is 0 Å². The van der Waals surface area contributed by atoms with E-state index in [0.717, 1.165) is 22.8 Å². The average molecular weight is 289 g/mol. The first-order valence-corrected chi connectivity index (χ1v) is 7.22. The highest BCUT2D eigenvalue weighted by atomic mass is 32.1. The van der Waals surface area contributed by atoms with Gasteiger partial charge in [-0.15, -0.1) is 11.3 Å². The van der Waals surface area contributed by atoms with Crippen LogP contribution in [-0.2, 0) is 11.2 Å². The van der Waals surface area contributed by atoms with Crippen LogP contribution in [0.3, 0.4) is 0 Å². The highest BCUT2D eigenvalue weighted by Crippen LogP contribution is 2.22. The van der Waals surface area contributed by atoms with Crippen molar-refractivity contribution < 1.29 is 4.74 Å². The number of methoxy groups -OCH3 is 1. The van der Waals surface area contributed by atoms with Crippen LogP contribution in [0, 0.1) is 6.92 Å². The molecule has 0 aliphatic rings. The Labute approximate surface area is 123 Å². The van der Waals surface area contributed by atoms with Crippen LogP contribution >= 0.6 is 11.3 Å². The van der Waals surface area contributed by atoms with Crippen molar-refractivity contribution in [2.45, 2.75) is 19.4 Å². The standard InChI is InChI=1S/C15H19N3OS/c1-10(19-3)17-14(15-9-20-11(2)18-15)8-12-4-6-13(16)7-5-12/h4-7,9,14,17H,1,8,16H2,2-3H3. The SMILES string of the molecule is C=C(NC(Cc1ccc(N)cc1)c1csc(C)n1)OC. The summed E-state index contributed by atoms with van der Waals surface area (Å²) in [4.78, 5) is 4.55. The van der Waals surface area contributed by atoms with Gasteiger partial charge in [0.15, 0.2) is 5.88 Å². The predicted molar refractivity (Wildman–Crippen MR) is 83.4 cm³/mol. The first-order valence-electron chi connectivity index (χ1n) is 6.34. The smallest absolute Gasteiger partial charge is 0.179 e. The largest absolute Gasteiger partial charge is 0.483 e. The molecular formula is C15H19N3OS. The van der Waals surface area contributed by atoms with Crippen LogP contribution in [0.2, 0.25) is 0 Å². The summed E-state index contributed by atoms with van der Waals surface area (Å²) in [6.45, 7) is 5.82. The number of anilines is 1. The van der Waals surface area contributed by atoms with Crippen LogP contribution in [0.5, 0.6) is 0 Å². The number of nitrogen functional groups attached to an aromatic ring is 1. The molecule has 0 bridgehead atoms. The van der Waals surface area contributed by atoms with E-state index in [2.05, 4.69) is 22.3 Å². The summed E-state index contributed by atoms with van der Waals surface area (Å²) < 4.78 is 5.12. The lowest BCUT2D eigenvalue weighted by atomic mass is 10.0. The normalized spacial score (nSPS) is 11.9. The number of ether oxygens (including phenoxy) is 1. The van der Waals surface area contributed by atoms with Crippen LogP contribution in [-0.4, -0.2) is 12.1 Å². The van der Waals surface area contributed by atoms with Crippen molar-refractivity contribution in [1.82, 2.24) is 10.3 Å². The monoisotopic (exact) mass is 289 g/mol. The Morgan fingerprint density at radius 1 is 1.45 bits per heavy atom.